The molecule has 100 valence electrons. The molecule has 1 aromatic rings. The lowest BCUT2D eigenvalue weighted by atomic mass is 10.0. The van der Waals surface area contributed by atoms with Gasteiger partial charge in [-0.2, -0.15) is 13.2 Å². The fourth-order valence-electron chi connectivity index (χ4n) is 1.23. The third kappa shape index (κ3) is 4.14. The highest BCUT2D eigenvalue weighted by atomic mass is 19.4. The second kappa shape index (κ2) is 6.05. The molecule has 0 N–H and O–H groups in total. The molecule has 0 atom stereocenters. The van der Waals surface area contributed by atoms with Crippen LogP contribution in [0, 0.1) is 11.8 Å². The average molecular weight is 270 g/mol. The van der Waals surface area contributed by atoms with Gasteiger partial charge in [-0.25, -0.2) is 4.79 Å². The van der Waals surface area contributed by atoms with E-state index in [0.717, 1.165) is 18.2 Å². The number of aldehydes is 1. The maximum Gasteiger partial charge on any atom is 0.416 e. The molecule has 0 aliphatic heterocycles. The molecule has 0 saturated heterocycles. The largest absolute Gasteiger partial charge is 0.456 e. The topological polar surface area (TPSA) is 43.4 Å². The monoisotopic (exact) mass is 270 g/mol. The van der Waals surface area contributed by atoms with Crippen LogP contribution >= 0.6 is 0 Å². The van der Waals surface area contributed by atoms with Crippen LogP contribution in [0.1, 0.15) is 28.4 Å². The summed E-state index contributed by atoms with van der Waals surface area (Å²) < 4.78 is 42.0. The van der Waals surface area contributed by atoms with E-state index in [1.54, 1.807) is 6.92 Å². The van der Waals surface area contributed by atoms with Gasteiger partial charge < -0.3 is 4.74 Å². The molecule has 19 heavy (non-hydrogen) atoms. The van der Waals surface area contributed by atoms with E-state index in [1.807, 2.05) is 5.92 Å². The van der Waals surface area contributed by atoms with Gasteiger partial charge in [-0.05, 0) is 25.1 Å². The van der Waals surface area contributed by atoms with Crippen molar-refractivity contribution in [3.63, 3.8) is 0 Å². The first-order valence-corrected chi connectivity index (χ1v) is 5.23. The zero-order valence-corrected chi connectivity index (χ0v) is 9.88. The molecule has 0 saturated carbocycles. The molecule has 0 aliphatic rings. The molecular formula is C13H9F3O3. The molecule has 0 amide bonds. The first-order valence-electron chi connectivity index (χ1n) is 5.23. The number of ether oxygens (including phenoxy) is 1. The van der Waals surface area contributed by atoms with Gasteiger partial charge in [0.05, 0.1) is 12.2 Å². The van der Waals surface area contributed by atoms with Gasteiger partial charge in [-0.1, -0.05) is 5.92 Å². The summed E-state index contributed by atoms with van der Waals surface area (Å²) in [6.07, 6.45) is -4.17. The van der Waals surface area contributed by atoms with E-state index in [2.05, 4.69) is 10.7 Å². The van der Waals surface area contributed by atoms with Crippen LogP contribution in [0.25, 0.3) is 0 Å². The van der Waals surface area contributed by atoms with E-state index < -0.39 is 17.7 Å². The lowest BCUT2D eigenvalue weighted by molar-refractivity contribution is -0.138. The molecule has 0 unspecified atom stereocenters. The molecule has 0 spiro atoms. The first-order chi connectivity index (χ1) is 8.88. The Morgan fingerprint density at radius 1 is 1.42 bits per heavy atom. The molecule has 0 bridgehead atoms. The van der Waals surface area contributed by atoms with Crippen molar-refractivity contribution in [3.8, 4) is 11.8 Å². The minimum atomic E-state index is -4.54. The Morgan fingerprint density at radius 2 is 2.11 bits per heavy atom. The quantitative estimate of drug-likeness (QED) is 0.471. The summed E-state index contributed by atoms with van der Waals surface area (Å²) in [6, 6.07) is 2.50. The van der Waals surface area contributed by atoms with Gasteiger partial charge in [0.2, 0.25) is 0 Å². The minimum absolute atomic E-state index is 0.0233. The van der Waals surface area contributed by atoms with Gasteiger partial charge in [0.1, 0.15) is 0 Å². The van der Waals surface area contributed by atoms with Crippen molar-refractivity contribution in [2.24, 2.45) is 0 Å². The minimum Gasteiger partial charge on any atom is -0.456 e. The Morgan fingerprint density at radius 3 is 2.63 bits per heavy atom. The summed E-state index contributed by atoms with van der Waals surface area (Å²) in [7, 11) is 0. The zero-order valence-electron chi connectivity index (χ0n) is 9.88. The number of carbonyl (C=O) groups is 2. The summed E-state index contributed by atoms with van der Waals surface area (Å²) in [5.41, 5.74) is -1.13. The highest BCUT2D eigenvalue weighted by molar-refractivity contribution is 5.90. The predicted molar refractivity (Wildman–Crippen MR) is 60.3 cm³/mol. The Hall–Kier alpha value is -2.29. The van der Waals surface area contributed by atoms with Crippen molar-refractivity contribution in [1.82, 2.24) is 0 Å². The highest BCUT2D eigenvalue weighted by Gasteiger charge is 2.30. The average Bonchev–Trinajstić information content (AvgIpc) is 2.35. The fraction of sp³-hybridized carbons (Fsp3) is 0.231. The molecule has 3 nitrogen and oxygen atoms in total. The van der Waals surface area contributed by atoms with Gasteiger partial charge in [0.15, 0.2) is 6.29 Å². The third-order valence-electron chi connectivity index (χ3n) is 2.08. The van der Waals surface area contributed by atoms with Crippen molar-refractivity contribution in [2.45, 2.75) is 13.1 Å². The van der Waals surface area contributed by atoms with E-state index in [4.69, 9.17) is 0 Å². The molecule has 0 heterocycles. The van der Waals surface area contributed by atoms with Crippen LogP contribution in [0.15, 0.2) is 18.2 Å². The van der Waals surface area contributed by atoms with Crippen LogP contribution in [0.4, 0.5) is 13.2 Å². The van der Waals surface area contributed by atoms with Crippen molar-refractivity contribution in [2.75, 3.05) is 6.61 Å². The van der Waals surface area contributed by atoms with Gasteiger partial charge >= 0.3 is 12.1 Å². The number of halogens is 3. The van der Waals surface area contributed by atoms with E-state index in [0.29, 0.717) is 6.29 Å². The lowest BCUT2D eigenvalue weighted by Gasteiger charge is -2.07. The van der Waals surface area contributed by atoms with Crippen LogP contribution in [-0.4, -0.2) is 18.9 Å². The summed E-state index contributed by atoms with van der Waals surface area (Å²) in [5, 5.41) is 0. The Balaban J connectivity index is 3.17. The van der Waals surface area contributed by atoms with Crippen LogP contribution in [0.2, 0.25) is 0 Å². The second-order valence-electron chi connectivity index (χ2n) is 3.39. The lowest BCUT2D eigenvalue weighted by Crippen LogP contribution is -2.06. The number of benzene rings is 1. The SMILES string of the molecule is CCOC(=O)C#Cc1cc(C(F)(F)F)ccc1C=O. The fourth-order valence-corrected chi connectivity index (χ4v) is 1.23. The van der Waals surface area contributed by atoms with Gasteiger partial charge in [-0.3, -0.25) is 4.79 Å². The zero-order chi connectivity index (χ0) is 14.5. The molecule has 1 aromatic carbocycles. The van der Waals surface area contributed by atoms with Crippen LogP contribution in [0.3, 0.4) is 0 Å². The predicted octanol–water partition coefficient (Wildman–Crippen LogP) is 2.43. The molecule has 0 fully saturated rings. The number of hydrogen-bond acceptors (Lipinski definition) is 3. The van der Waals surface area contributed by atoms with Crippen molar-refractivity contribution >= 4 is 12.3 Å². The van der Waals surface area contributed by atoms with Crippen LogP contribution < -0.4 is 0 Å². The van der Waals surface area contributed by atoms with Crippen LogP contribution in [-0.2, 0) is 15.7 Å². The Kier molecular flexibility index (Phi) is 4.70. The van der Waals surface area contributed by atoms with E-state index >= 15 is 0 Å². The van der Waals surface area contributed by atoms with E-state index in [9.17, 15) is 22.8 Å². The van der Waals surface area contributed by atoms with Crippen molar-refractivity contribution < 1.29 is 27.5 Å². The molecule has 0 aromatic heterocycles. The normalized spacial score (nSPS) is 10.3. The Labute approximate surface area is 107 Å². The van der Waals surface area contributed by atoms with Gasteiger partial charge in [0, 0.05) is 17.0 Å². The second-order valence-corrected chi connectivity index (χ2v) is 3.39. The summed E-state index contributed by atoms with van der Waals surface area (Å²) in [4.78, 5) is 21.7. The summed E-state index contributed by atoms with van der Waals surface area (Å²) in [5.74, 6) is 3.36. The van der Waals surface area contributed by atoms with E-state index in [-0.39, 0.29) is 17.7 Å². The summed E-state index contributed by atoms with van der Waals surface area (Å²) >= 11 is 0. The maximum absolute atomic E-state index is 12.5. The highest BCUT2D eigenvalue weighted by Crippen LogP contribution is 2.30. The standard InChI is InChI=1S/C13H9F3O3/c1-2-19-12(18)6-4-9-7-11(13(14,15)16)5-3-10(9)8-17/h3,5,7-8H,2H2,1H3. The number of esters is 1. The number of hydrogen-bond donors (Lipinski definition) is 0. The molecule has 0 aliphatic carbocycles. The van der Waals surface area contributed by atoms with Crippen molar-refractivity contribution in [3.05, 3.63) is 34.9 Å². The first kappa shape index (κ1) is 14.8. The van der Waals surface area contributed by atoms with Crippen molar-refractivity contribution in [1.29, 1.82) is 0 Å². The number of rotatable bonds is 2. The molecule has 6 heteroatoms. The third-order valence-corrected chi connectivity index (χ3v) is 2.08. The van der Waals surface area contributed by atoms with E-state index in [1.165, 1.54) is 0 Å². The molecular weight excluding hydrogens is 261 g/mol. The maximum atomic E-state index is 12.5. The summed E-state index contributed by atoms with van der Waals surface area (Å²) in [6.45, 7) is 1.68. The smallest absolute Gasteiger partial charge is 0.416 e. The number of alkyl halides is 3. The van der Waals surface area contributed by atoms with Gasteiger partial charge in [0.25, 0.3) is 0 Å². The van der Waals surface area contributed by atoms with Crippen LogP contribution in [0.5, 0.6) is 0 Å². The Bertz CT molecular complexity index is 550. The number of carbonyl (C=O) groups excluding carboxylic acids is 2. The molecule has 1 rings (SSSR count). The molecule has 0 radical (unpaired) electrons. The van der Waals surface area contributed by atoms with Gasteiger partial charge in [-0.15, -0.1) is 0 Å².